The van der Waals surface area contributed by atoms with Crippen molar-refractivity contribution in [2.24, 2.45) is 5.92 Å². The maximum Gasteiger partial charge on any atom is 0.226 e. The Bertz CT molecular complexity index is 452. The van der Waals surface area contributed by atoms with Crippen LogP contribution >= 0.6 is 0 Å². The van der Waals surface area contributed by atoms with Crippen molar-refractivity contribution >= 4 is 0 Å². The minimum absolute atomic E-state index is 0.380. The van der Waals surface area contributed by atoms with Crippen LogP contribution in [0.25, 0.3) is 0 Å². The number of hydrogen-bond acceptors (Lipinski definition) is 5. The van der Waals surface area contributed by atoms with Gasteiger partial charge < -0.3 is 9.26 Å². The summed E-state index contributed by atoms with van der Waals surface area (Å²) in [6, 6.07) is 2.12. The summed E-state index contributed by atoms with van der Waals surface area (Å²) in [7, 11) is 1.73. The third-order valence-corrected chi connectivity index (χ3v) is 3.90. The van der Waals surface area contributed by atoms with Crippen molar-refractivity contribution in [3.8, 4) is 6.07 Å². The average molecular weight is 263 g/mol. The molecule has 2 rings (SSSR count). The highest BCUT2D eigenvalue weighted by atomic mass is 16.5. The van der Waals surface area contributed by atoms with Crippen LogP contribution in [0.3, 0.4) is 0 Å². The lowest BCUT2D eigenvalue weighted by atomic mass is 9.78. The molecular formula is C14H21N3O2. The lowest BCUT2D eigenvalue weighted by Crippen LogP contribution is -2.35. The highest BCUT2D eigenvalue weighted by molar-refractivity contribution is 5.04. The summed E-state index contributed by atoms with van der Waals surface area (Å²) in [6.07, 6.45) is 6.20. The molecule has 0 saturated heterocycles. The third-order valence-electron chi connectivity index (χ3n) is 3.90. The van der Waals surface area contributed by atoms with E-state index in [4.69, 9.17) is 14.5 Å². The van der Waals surface area contributed by atoms with Crippen LogP contribution in [0.15, 0.2) is 4.52 Å². The molecule has 0 amide bonds. The standard InChI is InChI=1S/C14H21N3O2/c1-11-6-5-8-14(10-11,18-2)13-16-12(19-17-13)7-3-4-9-15/h11H,3-8,10H2,1-2H3. The van der Waals surface area contributed by atoms with Crippen LogP contribution in [0, 0.1) is 17.2 Å². The molecule has 1 heterocycles. The molecule has 0 aromatic carbocycles. The molecule has 0 spiro atoms. The molecule has 1 aromatic rings. The Balaban J connectivity index is 2.08. The maximum atomic E-state index is 8.52. The summed E-state index contributed by atoms with van der Waals surface area (Å²) >= 11 is 0. The van der Waals surface area contributed by atoms with Crippen molar-refractivity contribution in [3.63, 3.8) is 0 Å². The van der Waals surface area contributed by atoms with Gasteiger partial charge in [0.05, 0.1) is 6.07 Å². The minimum Gasteiger partial charge on any atom is -0.370 e. The number of nitrogens with zero attached hydrogens (tertiary/aromatic N) is 3. The number of aryl methyl sites for hydroxylation is 1. The van der Waals surface area contributed by atoms with Gasteiger partial charge in [0.1, 0.15) is 5.60 Å². The molecule has 0 N–H and O–H groups in total. The van der Waals surface area contributed by atoms with E-state index in [-0.39, 0.29) is 5.60 Å². The number of hydrogen-bond donors (Lipinski definition) is 0. The van der Waals surface area contributed by atoms with Crippen LogP contribution in [-0.4, -0.2) is 17.3 Å². The molecule has 5 nitrogen and oxygen atoms in total. The first-order valence-corrected chi connectivity index (χ1v) is 6.95. The Morgan fingerprint density at radius 3 is 3.11 bits per heavy atom. The molecule has 104 valence electrons. The second-order valence-electron chi connectivity index (χ2n) is 5.42. The maximum absolute atomic E-state index is 8.52. The van der Waals surface area contributed by atoms with Gasteiger partial charge in [0.15, 0.2) is 0 Å². The number of rotatable bonds is 5. The summed E-state index contributed by atoms with van der Waals surface area (Å²) in [5.74, 6) is 1.91. The van der Waals surface area contributed by atoms with Crippen molar-refractivity contribution in [2.75, 3.05) is 7.11 Å². The fraction of sp³-hybridized carbons (Fsp3) is 0.786. The molecule has 2 unspecified atom stereocenters. The second-order valence-corrected chi connectivity index (χ2v) is 5.42. The Morgan fingerprint density at radius 1 is 1.58 bits per heavy atom. The first kappa shape index (κ1) is 14.0. The molecule has 1 fully saturated rings. The van der Waals surface area contributed by atoms with E-state index in [2.05, 4.69) is 23.1 Å². The van der Waals surface area contributed by atoms with Crippen LogP contribution in [0.5, 0.6) is 0 Å². The lowest BCUT2D eigenvalue weighted by Gasteiger charge is -2.36. The normalized spacial score (nSPS) is 27.1. The van der Waals surface area contributed by atoms with Gasteiger partial charge in [-0.25, -0.2) is 0 Å². The molecule has 2 atom stereocenters. The first-order chi connectivity index (χ1) is 9.20. The van der Waals surface area contributed by atoms with Crippen molar-refractivity contribution in [1.29, 1.82) is 5.26 Å². The fourth-order valence-corrected chi connectivity index (χ4v) is 2.84. The van der Waals surface area contributed by atoms with Crippen molar-refractivity contribution in [3.05, 3.63) is 11.7 Å². The Labute approximate surface area is 113 Å². The molecule has 1 aromatic heterocycles. The second kappa shape index (κ2) is 6.16. The quantitative estimate of drug-likeness (QED) is 0.764. The van der Waals surface area contributed by atoms with Gasteiger partial charge in [-0.1, -0.05) is 18.5 Å². The van der Waals surface area contributed by atoms with Crippen LogP contribution in [-0.2, 0) is 16.8 Å². The Hall–Kier alpha value is -1.41. The summed E-state index contributed by atoms with van der Waals surface area (Å²) in [5.41, 5.74) is -0.380. The van der Waals surface area contributed by atoms with Crippen LogP contribution in [0.1, 0.15) is 57.2 Å². The highest BCUT2D eigenvalue weighted by Crippen LogP contribution is 2.41. The Morgan fingerprint density at radius 2 is 2.42 bits per heavy atom. The van der Waals surface area contributed by atoms with Crippen molar-refractivity contribution < 1.29 is 9.26 Å². The molecule has 1 aliphatic carbocycles. The molecule has 0 aliphatic heterocycles. The smallest absolute Gasteiger partial charge is 0.226 e. The van der Waals surface area contributed by atoms with E-state index in [0.29, 0.717) is 30.5 Å². The molecule has 0 radical (unpaired) electrons. The number of ether oxygens (including phenoxy) is 1. The van der Waals surface area contributed by atoms with E-state index in [0.717, 1.165) is 25.7 Å². The molecule has 19 heavy (non-hydrogen) atoms. The molecule has 0 bridgehead atoms. The SMILES string of the molecule is COC1(c2noc(CCCC#N)n2)CCCC(C)C1. The van der Waals surface area contributed by atoms with Crippen molar-refractivity contribution in [1.82, 2.24) is 10.1 Å². The zero-order chi connectivity index (χ0) is 13.7. The van der Waals surface area contributed by atoms with Crippen LogP contribution < -0.4 is 0 Å². The van der Waals surface area contributed by atoms with E-state index in [9.17, 15) is 0 Å². The molecule has 1 saturated carbocycles. The largest absolute Gasteiger partial charge is 0.370 e. The monoisotopic (exact) mass is 263 g/mol. The topological polar surface area (TPSA) is 71.9 Å². The van der Waals surface area contributed by atoms with Crippen molar-refractivity contribution in [2.45, 2.75) is 57.5 Å². The predicted octanol–water partition coefficient (Wildman–Crippen LogP) is 2.97. The van der Waals surface area contributed by atoms with Gasteiger partial charge in [0, 0.05) is 20.0 Å². The van der Waals surface area contributed by atoms with Crippen LogP contribution in [0.2, 0.25) is 0 Å². The van der Waals surface area contributed by atoms with E-state index in [1.807, 2.05) is 0 Å². The summed E-state index contributed by atoms with van der Waals surface area (Å²) in [4.78, 5) is 4.47. The fourth-order valence-electron chi connectivity index (χ4n) is 2.84. The van der Waals surface area contributed by atoms with E-state index in [1.54, 1.807) is 7.11 Å². The zero-order valence-corrected chi connectivity index (χ0v) is 11.7. The third kappa shape index (κ3) is 3.13. The zero-order valence-electron chi connectivity index (χ0n) is 11.7. The summed E-state index contributed by atoms with van der Waals surface area (Å²) in [6.45, 7) is 2.24. The van der Waals surface area contributed by atoms with Gasteiger partial charge in [-0.05, 0) is 31.6 Å². The van der Waals surface area contributed by atoms with Gasteiger partial charge in [0.25, 0.3) is 0 Å². The average Bonchev–Trinajstić information content (AvgIpc) is 2.88. The molecule has 1 aliphatic rings. The lowest BCUT2D eigenvalue weighted by molar-refractivity contribution is -0.0658. The number of nitriles is 1. The van der Waals surface area contributed by atoms with Gasteiger partial charge in [-0.3, -0.25) is 0 Å². The Kier molecular flexibility index (Phi) is 4.54. The molecule has 5 heteroatoms. The minimum atomic E-state index is -0.380. The predicted molar refractivity (Wildman–Crippen MR) is 69.2 cm³/mol. The highest BCUT2D eigenvalue weighted by Gasteiger charge is 2.40. The number of unbranched alkanes of at least 4 members (excludes halogenated alkanes) is 1. The van der Waals surface area contributed by atoms with E-state index < -0.39 is 0 Å². The van der Waals surface area contributed by atoms with Gasteiger partial charge in [-0.15, -0.1) is 0 Å². The summed E-state index contributed by atoms with van der Waals surface area (Å²) in [5, 5.41) is 12.6. The first-order valence-electron chi connectivity index (χ1n) is 6.95. The van der Waals surface area contributed by atoms with Gasteiger partial charge in [-0.2, -0.15) is 10.2 Å². The van der Waals surface area contributed by atoms with E-state index >= 15 is 0 Å². The number of methoxy groups -OCH3 is 1. The van der Waals surface area contributed by atoms with Gasteiger partial charge in [0.2, 0.25) is 11.7 Å². The van der Waals surface area contributed by atoms with Gasteiger partial charge >= 0.3 is 0 Å². The number of aromatic nitrogens is 2. The van der Waals surface area contributed by atoms with E-state index in [1.165, 1.54) is 6.42 Å². The summed E-state index contributed by atoms with van der Waals surface area (Å²) < 4.78 is 11.0. The molecular weight excluding hydrogens is 242 g/mol. The van der Waals surface area contributed by atoms with Crippen LogP contribution in [0.4, 0.5) is 0 Å².